The number of hydrogen-bond donors (Lipinski definition) is 4. The molecular formula is C30H46O4. The van der Waals surface area contributed by atoms with Crippen LogP contribution in [0.15, 0.2) is 24.3 Å². The minimum Gasteiger partial charge on any atom is -0.508 e. The molecule has 0 saturated heterocycles. The van der Waals surface area contributed by atoms with E-state index in [1.807, 2.05) is 0 Å². The first-order chi connectivity index (χ1) is 16.4. The van der Waals surface area contributed by atoms with E-state index in [4.69, 9.17) is 0 Å². The van der Waals surface area contributed by atoms with Crippen LogP contribution < -0.4 is 0 Å². The van der Waals surface area contributed by atoms with Crippen LogP contribution >= 0.6 is 0 Å². The predicted molar refractivity (Wildman–Crippen MR) is 141 cm³/mol. The minimum absolute atomic E-state index is 0.192. The molecule has 2 aromatic rings. The topological polar surface area (TPSA) is 80.9 Å². The van der Waals surface area contributed by atoms with Gasteiger partial charge in [0.05, 0.1) is 0 Å². The monoisotopic (exact) mass is 470 g/mol. The van der Waals surface area contributed by atoms with E-state index in [0.717, 1.165) is 36.8 Å². The molecule has 4 heteroatoms. The van der Waals surface area contributed by atoms with E-state index in [2.05, 4.69) is 0 Å². The van der Waals surface area contributed by atoms with Crippen molar-refractivity contribution >= 4 is 0 Å². The Labute approximate surface area is 206 Å². The molecule has 0 unspecified atom stereocenters. The van der Waals surface area contributed by atoms with Gasteiger partial charge in [0.2, 0.25) is 0 Å². The minimum atomic E-state index is 0.192. The molecule has 190 valence electrons. The summed E-state index contributed by atoms with van der Waals surface area (Å²) in [5.41, 5.74) is 3.16. The van der Waals surface area contributed by atoms with Crippen molar-refractivity contribution in [2.75, 3.05) is 0 Å². The molecule has 0 aliphatic carbocycles. The van der Waals surface area contributed by atoms with Crippen molar-refractivity contribution < 1.29 is 20.4 Å². The zero-order valence-electron chi connectivity index (χ0n) is 21.4. The third-order valence-corrected chi connectivity index (χ3v) is 7.01. The lowest BCUT2D eigenvalue weighted by Gasteiger charge is -2.07. The third kappa shape index (κ3) is 10.3. The number of rotatable bonds is 17. The van der Waals surface area contributed by atoms with Crippen LogP contribution in [0, 0.1) is 13.8 Å². The Morgan fingerprint density at radius 3 is 0.824 bits per heavy atom. The molecule has 0 radical (unpaired) electrons. The summed E-state index contributed by atoms with van der Waals surface area (Å²) >= 11 is 0. The molecule has 0 fully saturated rings. The zero-order chi connectivity index (χ0) is 24.8. The molecule has 34 heavy (non-hydrogen) atoms. The van der Waals surface area contributed by atoms with Crippen molar-refractivity contribution in [3.05, 3.63) is 46.5 Å². The lowest BCUT2D eigenvalue weighted by molar-refractivity contribution is 0.440. The predicted octanol–water partition coefficient (Wildman–Crippen LogP) is 8.37. The summed E-state index contributed by atoms with van der Waals surface area (Å²) in [6.07, 6.45) is 19.7. The number of aromatic hydroxyl groups is 4. The Bertz CT molecular complexity index is 741. The molecule has 0 heterocycles. The van der Waals surface area contributed by atoms with E-state index in [0.29, 0.717) is 11.1 Å². The fourth-order valence-corrected chi connectivity index (χ4v) is 4.55. The zero-order valence-corrected chi connectivity index (χ0v) is 21.4. The molecule has 0 saturated carbocycles. The number of phenols is 4. The van der Waals surface area contributed by atoms with Gasteiger partial charge in [0.15, 0.2) is 0 Å². The number of phenolic OH excluding ortho intramolecular Hbond substituents is 4. The Morgan fingerprint density at radius 1 is 0.382 bits per heavy atom. The smallest absolute Gasteiger partial charge is 0.122 e. The molecule has 2 aromatic carbocycles. The van der Waals surface area contributed by atoms with Crippen LogP contribution in [-0.2, 0) is 12.8 Å². The molecule has 0 amide bonds. The van der Waals surface area contributed by atoms with Crippen molar-refractivity contribution in [1.29, 1.82) is 0 Å². The highest BCUT2D eigenvalue weighted by atomic mass is 16.3. The van der Waals surface area contributed by atoms with Gasteiger partial charge in [-0.25, -0.2) is 0 Å². The number of aryl methyl sites for hydroxylation is 2. The number of unbranched alkanes of at least 4 members (excludes halogenated alkanes) is 13. The summed E-state index contributed by atoms with van der Waals surface area (Å²) < 4.78 is 0. The van der Waals surface area contributed by atoms with E-state index >= 15 is 0 Å². The molecule has 2 rings (SSSR count). The van der Waals surface area contributed by atoms with Crippen LogP contribution in [-0.4, -0.2) is 20.4 Å². The molecule has 0 aromatic heterocycles. The quantitative estimate of drug-likeness (QED) is 0.175. The fourth-order valence-electron chi connectivity index (χ4n) is 4.55. The van der Waals surface area contributed by atoms with Gasteiger partial charge < -0.3 is 20.4 Å². The Morgan fingerprint density at radius 2 is 0.588 bits per heavy atom. The molecule has 0 aliphatic rings. The summed E-state index contributed by atoms with van der Waals surface area (Å²) in [7, 11) is 0. The molecular weight excluding hydrogens is 424 g/mol. The fraction of sp³-hybridized carbons (Fsp3) is 0.600. The Kier molecular flexibility index (Phi) is 12.7. The highest BCUT2D eigenvalue weighted by Gasteiger charge is 2.06. The molecule has 0 aliphatic heterocycles. The van der Waals surface area contributed by atoms with Crippen LogP contribution in [0.3, 0.4) is 0 Å². The largest absolute Gasteiger partial charge is 0.508 e. The van der Waals surface area contributed by atoms with Crippen molar-refractivity contribution in [2.24, 2.45) is 0 Å². The molecule has 4 N–H and O–H groups in total. The number of benzene rings is 2. The van der Waals surface area contributed by atoms with E-state index in [9.17, 15) is 20.4 Å². The third-order valence-electron chi connectivity index (χ3n) is 7.01. The Balaban J connectivity index is 1.35. The second kappa shape index (κ2) is 15.5. The maximum absolute atomic E-state index is 9.79. The van der Waals surface area contributed by atoms with Crippen molar-refractivity contribution in [3.63, 3.8) is 0 Å². The lowest BCUT2D eigenvalue weighted by atomic mass is 10.0. The normalized spacial score (nSPS) is 11.2. The van der Waals surface area contributed by atoms with Crippen molar-refractivity contribution in [1.82, 2.24) is 0 Å². The molecule has 0 bridgehead atoms. The van der Waals surface area contributed by atoms with Crippen LogP contribution in [0.4, 0.5) is 0 Å². The van der Waals surface area contributed by atoms with E-state index in [1.165, 1.54) is 77.0 Å². The highest BCUT2D eigenvalue weighted by molar-refractivity contribution is 5.46. The standard InChI is InChI=1S/C30H46O4/c1-23-27(31)19-25(20-28(23)32)17-15-13-11-9-7-5-3-4-6-8-10-12-14-16-18-26-21-29(33)24(2)30(34)22-26/h19-22,31-34H,3-18H2,1-2H3. The van der Waals surface area contributed by atoms with Gasteiger partial charge in [0, 0.05) is 11.1 Å². The lowest BCUT2D eigenvalue weighted by Crippen LogP contribution is -1.89. The van der Waals surface area contributed by atoms with Crippen LogP contribution in [0.25, 0.3) is 0 Å². The van der Waals surface area contributed by atoms with Crippen LogP contribution in [0.1, 0.15) is 112 Å². The number of hydrogen-bond acceptors (Lipinski definition) is 4. The second-order valence-corrected chi connectivity index (χ2v) is 9.97. The first-order valence-corrected chi connectivity index (χ1v) is 13.4. The van der Waals surface area contributed by atoms with Crippen molar-refractivity contribution in [2.45, 2.75) is 117 Å². The maximum Gasteiger partial charge on any atom is 0.122 e. The van der Waals surface area contributed by atoms with Gasteiger partial charge >= 0.3 is 0 Å². The average molecular weight is 471 g/mol. The second-order valence-electron chi connectivity index (χ2n) is 9.97. The average Bonchev–Trinajstić information content (AvgIpc) is 2.80. The van der Waals surface area contributed by atoms with Gasteiger partial charge in [-0.3, -0.25) is 0 Å². The van der Waals surface area contributed by atoms with Gasteiger partial charge in [-0.15, -0.1) is 0 Å². The van der Waals surface area contributed by atoms with Crippen molar-refractivity contribution in [3.8, 4) is 23.0 Å². The first-order valence-electron chi connectivity index (χ1n) is 13.4. The van der Waals surface area contributed by atoms with Crippen LogP contribution in [0.5, 0.6) is 23.0 Å². The molecule has 0 spiro atoms. The first kappa shape index (κ1) is 27.9. The van der Waals surface area contributed by atoms with Gasteiger partial charge in [-0.1, -0.05) is 77.0 Å². The Hall–Kier alpha value is -2.36. The van der Waals surface area contributed by atoms with E-state index in [1.54, 1.807) is 38.1 Å². The summed E-state index contributed by atoms with van der Waals surface area (Å²) in [6, 6.07) is 7.11. The van der Waals surface area contributed by atoms with Gasteiger partial charge in [-0.2, -0.15) is 0 Å². The SMILES string of the molecule is Cc1c(O)cc(CCCCCCCCCCCCCCCCc2cc(O)c(C)c(O)c2)cc1O. The summed E-state index contributed by atoms with van der Waals surface area (Å²) in [5.74, 6) is 0.766. The van der Waals surface area contributed by atoms with E-state index in [-0.39, 0.29) is 23.0 Å². The molecule has 4 nitrogen and oxygen atoms in total. The summed E-state index contributed by atoms with van der Waals surface area (Å²) in [4.78, 5) is 0. The van der Waals surface area contributed by atoms with Gasteiger partial charge in [0.25, 0.3) is 0 Å². The van der Waals surface area contributed by atoms with Gasteiger partial charge in [-0.05, 0) is 74.9 Å². The summed E-state index contributed by atoms with van der Waals surface area (Å²) in [6.45, 7) is 3.46. The highest BCUT2D eigenvalue weighted by Crippen LogP contribution is 2.29. The van der Waals surface area contributed by atoms with E-state index < -0.39 is 0 Å². The maximum atomic E-state index is 9.79. The molecule has 0 atom stereocenters. The van der Waals surface area contributed by atoms with Crippen LogP contribution in [0.2, 0.25) is 0 Å². The van der Waals surface area contributed by atoms with Gasteiger partial charge in [0.1, 0.15) is 23.0 Å². The summed E-state index contributed by atoms with van der Waals surface area (Å²) in [5, 5.41) is 39.2.